The van der Waals surface area contributed by atoms with Crippen LogP contribution in [0.25, 0.3) is 11.3 Å². The van der Waals surface area contributed by atoms with E-state index in [-0.39, 0.29) is 5.91 Å². The van der Waals surface area contributed by atoms with Crippen molar-refractivity contribution in [3.63, 3.8) is 0 Å². The summed E-state index contributed by atoms with van der Waals surface area (Å²) in [7, 11) is 0. The lowest BCUT2D eigenvalue weighted by molar-refractivity contribution is 0.0526. The number of rotatable bonds is 4. The predicted molar refractivity (Wildman–Crippen MR) is 102 cm³/mol. The topological polar surface area (TPSA) is 84.1 Å². The van der Waals surface area contributed by atoms with E-state index in [1.54, 1.807) is 31.2 Å². The molecule has 3 aromatic rings. The van der Waals surface area contributed by atoms with Gasteiger partial charge in [-0.05, 0) is 43.5 Å². The van der Waals surface area contributed by atoms with E-state index in [1.165, 1.54) is 5.56 Å². The molecule has 0 saturated heterocycles. The molecule has 4 rings (SSSR count). The minimum Gasteiger partial charge on any atom is -0.462 e. The van der Waals surface area contributed by atoms with Gasteiger partial charge in [-0.1, -0.05) is 30.3 Å². The highest BCUT2D eigenvalue weighted by Gasteiger charge is 2.25. The van der Waals surface area contributed by atoms with E-state index in [2.05, 4.69) is 21.6 Å². The minimum atomic E-state index is -0.413. The molecule has 2 N–H and O–H groups in total. The summed E-state index contributed by atoms with van der Waals surface area (Å²) >= 11 is 0. The van der Waals surface area contributed by atoms with Crippen LogP contribution in [0, 0.1) is 0 Å². The lowest BCUT2D eigenvalue weighted by atomic mass is 9.89. The van der Waals surface area contributed by atoms with Gasteiger partial charge in [0.15, 0.2) is 0 Å². The van der Waals surface area contributed by atoms with Crippen LogP contribution < -0.4 is 5.32 Å². The van der Waals surface area contributed by atoms with Gasteiger partial charge in [0.25, 0.3) is 5.91 Å². The average Bonchev–Trinajstić information content (AvgIpc) is 3.13. The summed E-state index contributed by atoms with van der Waals surface area (Å²) in [5, 5.41) is 10.1. The van der Waals surface area contributed by atoms with E-state index < -0.39 is 5.97 Å². The highest BCUT2D eigenvalue weighted by atomic mass is 16.5. The normalized spacial score (nSPS) is 12.0. The lowest BCUT2D eigenvalue weighted by Gasteiger charge is -2.15. The van der Waals surface area contributed by atoms with Crippen molar-refractivity contribution < 1.29 is 14.3 Å². The van der Waals surface area contributed by atoms with Gasteiger partial charge in [0.05, 0.1) is 17.9 Å². The number of hydrogen-bond acceptors (Lipinski definition) is 4. The number of benzene rings is 2. The molecule has 6 nitrogen and oxygen atoms in total. The lowest BCUT2D eigenvalue weighted by Crippen LogP contribution is -2.16. The molecule has 0 spiro atoms. The smallest absolute Gasteiger partial charge is 0.338 e. The molecule has 136 valence electrons. The van der Waals surface area contributed by atoms with Gasteiger partial charge in [0, 0.05) is 16.8 Å². The molecule has 1 heterocycles. The van der Waals surface area contributed by atoms with Crippen LogP contribution in [0.5, 0.6) is 0 Å². The van der Waals surface area contributed by atoms with Gasteiger partial charge in [-0.2, -0.15) is 5.10 Å². The first kappa shape index (κ1) is 17.0. The Morgan fingerprint density at radius 1 is 1.15 bits per heavy atom. The van der Waals surface area contributed by atoms with Crippen LogP contribution in [0.4, 0.5) is 5.69 Å². The molecule has 0 fully saturated rings. The molecule has 1 aliphatic carbocycles. The highest BCUT2D eigenvalue weighted by Crippen LogP contribution is 2.33. The number of fused-ring (bicyclic) bond motifs is 3. The van der Waals surface area contributed by atoms with Crippen LogP contribution in [0.15, 0.2) is 48.5 Å². The van der Waals surface area contributed by atoms with Crippen LogP contribution >= 0.6 is 0 Å². The Morgan fingerprint density at radius 3 is 2.85 bits per heavy atom. The molecular formula is C21H19N3O3. The van der Waals surface area contributed by atoms with E-state index >= 15 is 0 Å². The zero-order chi connectivity index (χ0) is 18.8. The van der Waals surface area contributed by atoms with Crippen molar-refractivity contribution in [1.82, 2.24) is 10.2 Å². The summed E-state index contributed by atoms with van der Waals surface area (Å²) in [6.45, 7) is 2.06. The first-order chi connectivity index (χ1) is 13.2. The number of aryl methyl sites for hydroxylation is 1. The molecule has 1 aliphatic rings. The van der Waals surface area contributed by atoms with Gasteiger partial charge < -0.3 is 10.1 Å². The van der Waals surface area contributed by atoms with Crippen LogP contribution in [0.1, 0.15) is 38.9 Å². The molecule has 2 aromatic carbocycles. The second-order valence-corrected chi connectivity index (χ2v) is 6.34. The molecule has 27 heavy (non-hydrogen) atoms. The van der Waals surface area contributed by atoms with Crippen molar-refractivity contribution in [2.75, 3.05) is 11.9 Å². The third kappa shape index (κ3) is 3.21. The van der Waals surface area contributed by atoms with Crippen molar-refractivity contribution in [1.29, 1.82) is 0 Å². The number of anilines is 1. The minimum absolute atomic E-state index is 0.274. The van der Waals surface area contributed by atoms with E-state index in [4.69, 9.17) is 4.74 Å². The van der Waals surface area contributed by atoms with Crippen molar-refractivity contribution in [3.05, 3.63) is 70.9 Å². The largest absolute Gasteiger partial charge is 0.462 e. The number of nitrogens with zero attached hydrogens (tertiary/aromatic N) is 1. The molecule has 6 heteroatoms. The Hall–Kier alpha value is -3.41. The zero-order valence-electron chi connectivity index (χ0n) is 14.9. The summed E-state index contributed by atoms with van der Waals surface area (Å²) in [6, 6.07) is 14.8. The quantitative estimate of drug-likeness (QED) is 0.696. The van der Waals surface area contributed by atoms with Gasteiger partial charge in [0.2, 0.25) is 0 Å². The fourth-order valence-electron chi connectivity index (χ4n) is 3.38. The number of aromatic nitrogens is 2. The molecule has 0 unspecified atom stereocenters. The van der Waals surface area contributed by atoms with Crippen LogP contribution in [-0.4, -0.2) is 28.7 Å². The monoisotopic (exact) mass is 361 g/mol. The SMILES string of the molecule is CCOC(=O)c1cccc(NC(=O)c2[nH]nc3c2CCc2ccccc2-3)c1. The molecule has 0 radical (unpaired) electrons. The second-order valence-electron chi connectivity index (χ2n) is 6.34. The van der Waals surface area contributed by atoms with Crippen molar-refractivity contribution in [3.8, 4) is 11.3 Å². The Morgan fingerprint density at radius 2 is 2.00 bits per heavy atom. The Labute approximate surface area is 156 Å². The van der Waals surface area contributed by atoms with E-state index in [1.807, 2.05) is 18.2 Å². The first-order valence-corrected chi connectivity index (χ1v) is 8.91. The summed E-state index contributed by atoms with van der Waals surface area (Å²) in [6.07, 6.45) is 1.63. The molecular weight excluding hydrogens is 342 g/mol. The summed E-state index contributed by atoms with van der Waals surface area (Å²) in [4.78, 5) is 24.6. The molecule has 1 aromatic heterocycles. The summed E-state index contributed by atoms with van der Waals surface area (Å²) < 4.78 is 5.00. The number of nitrogens with one attached hydrogen (secondary N) is 2. The molecule has 0 aliphatic heterocycles. The number of carbonyl (C=O) groups excluding carboxylic acids is 2. The van der Waals surface area contributed by atoms with E-state index in [0.29, 0.717) is 23.6 Å². The maximum Gasteiger partial charge on any atom is 0.338 e. The Balaban J connectivity index is 1.58. The predicted octanol–water partition coefficient (Wildman–Crippen LogP) is 3.60. The summed E-state index contributed by atoms with van der Waals surface area (Å²) in [5.41, 5.74) is 5.46. The van der Waals surface area contributed by atoms with Gasteiger partial charge in [-0.3, -0.25) is 9.89 Å². The zero-order valence-corrected chi connectivity index (χ0v) is 14.9. The van der Waals surface area contributed by atoms with Crippen LogP contribution in [-0.2, 0) is 17.6 Å². The van der Waals surface area contributed by atoms with Crippen LogP contribution in [0.2, 0.25) is 0 Å². The number of aromatic amines is 1. The van der Waals surface area contributed by atoms with Gasteiger partial charge in [0.1, 0.15) is 5.69 Å². The molecule has 0 bridgehead atoms. The number of amides is 1. The molecule has 1 amide bonds. The van der Waals surface area contributed by atoms with Crippen molar-refractivity contribution >= 4 is 17.6 Å². The second kappa shape index (κ2) is 7.07. The maximum absolute atomic E-state index is 12.8. The van der Waals surface area contributed by atoms with E-state index in [9.17, 15) is 9.59 Å². The highest BCUT2D eigenvalue weighted by molar-refractivity contribution is 6.05. The number of H-pyrrole nitrogens is 1. The van der Waals surface area contributed by atoms with Gasteiger partial charge >= 0.3 is 5.97 Å². The van der Waals surface area contributed by atoms with Gasteiger partial charge in [-0.25, -0.2) is 4.79 Å². The van der Waals surface area contributed by atoms with Crippen LogP contribution in [0.3, 0.4) is 0 Å². The van der Waals surface area contributed by atoms with Crippen molar-refractivity contribution in [2.24, 2.45) is 0 Å². The fraction of sp³-hybridized carbons (Fsp3) is 0.190. The van der Waals surface area contributed by atoms with Crippen molar-refractivity contribution in [2.45, 2.75) is 19.8 Å². The standard InChI is InChI=1S/C21H19N3O3/c1-2-27-21(26)14-7-5-8-15(12-14)22-20(25)19-17-11-10-13-6-3-4-9-16(13)18(17)23-24-19/h3-9,12H,2,10-11H2,1H3,(H,22,25)(H,23,24). The Bertz CT molecular complexity index is 1020. The number of ether oxygens (including phenoxy) is 1. The maximum atomic E-state index is 12.8. The van der Waals surface area contributed by atoms with Gasteiger partial charge in [-0.15, -0.1) is 0 Å². The first-order valence-electron chi connectivity index (χ1n) is 8.91. The molecule has 0 saturated carbocycles. The summed E-state index contributed by atoms with van der Waals surface area (Å²) in [5.74, 6) is -0.687. The average molecular weight is 361 g/mol. The third-order valence-electron chi connectivity index (χ3n) is 4.64. The number of hydrogen-bond donors (Lipinski definition) is 2. The number of esters is 1. The number of carbonyl (C=O) groups is 2. The van der Waals surface area contributed by atoms with E-state index in [0.717, 1.165) is 29.7 Å². The third-order valence-corrected chi connectivity index (χ3v) is 4.64. The molecule has 0 atom stereocenters. The Kier molecular flexibility index (Phi) is 4.46. The fourth-order valence-corrected chi connectivity index (χ4v) is 3.38.